The van der Waals surface area contributed by atoms with Crippen molar-refractivity contribution in [2.24, 2.45) is 12.8 Å². The highest BCUT2D eigenvalue weighted by Crippen LogP contribution is 2.23. The molecular formula is C12H13N3O2. The number of amides is 1. The van der Waals surface area contributed by atoms with Crippen LogP contribution in [-0.2, 0) is 16.6 Å². The number of benzene rings is 1. The van der Waals surface area contributed by atoms with Gasteiger partial charge in [0.1, 0.15) is 6.29 Å². The van der Waals surface area contributed by atoms with Gasteiger partial charge in [-0.3, -0.25) is 9.48 Å². The number of carbonyl (C=O) groups excluding carboxylic acids is 2. The van der Waals surface area contributed by atoms with Crippen LogP contribution in [0.15, 0.2) is 24.4 Å². The highest BCUT2D eigenvalue weighted by atomic mass is 16.1. The van der Waals surface area contributed by atoms with Gasteiger partial charge < -0.3 is 10.5 Å². The molecule has 1 aromatic heterocycles. The molecule has 17 heavy (non-hydrogen) atoms. The minimum atomic E-state index is -0.563. The lowest BCUT2D eigenvalue weighted by molar-refractivity contribution is -0.121. The number of aromatic nitrogens is 2. The Morgan fingerprint density at radius 1 is 1.59 bits per heavy atom. The van der Waals surface area contributed by atoms with Gasteiger partial charge in [-0.15, -0.1) is 0 Å². The van der Waals surface area contributed by atoms with Crippen LogP contribution in [0.5, 0.6) is 0 Å². The third-order valence-corrected chi connectivity index (χ3v) is 2.85. The number of primary amides is 1. The van der Waals surface area contributed by atoms with E-state index in [1.165, 1.54) is 0 Å². The van der Waals surface area contributed by atoms with Gasteiger partial charge in [0, 0.05) is 18.9 Å². The van der Waals surface area contributed by atoms with E-state index in [1.54, 1.807) is 10.9 Å². The first-order valence-corrected chi connectivity index (χ1v) is 5.28. The quantitative estimate of drug-likeness (QED) is 0.788. The summed E-state index contributed by atoms with van der Waals surface area (Å²) in [6.07, 6.45) is 2.57. The van der Waals surface area contributed by atoms with Crippen molar-refractivity contribution < 1.29 is 9.59 Å². The maximum atomic E-state index is 11.3. The van der Waals surface area contributed by atoms with Gasteiger partial charge >= 0.3 is 0 Å². The van der Waals surface area contributed by atoms with Crippen molar-refractivity contribution in [3.05, 3.63) is 30.0 Å². The first-order valence-electron chi connectivity index (χ1n) is 5.28. The molecule has 1 amide bonds. The Morgan fingerprint density at radius 3 is 3.00 bits per heavy atom. The van der Waals surface area contributed by atoms with Crippen LogP contribution in [0.25, 0.3) is 10.9 Å². The number of hydrogen-bond acceptors (Lipinski definition) is 3. The first-order chi connectivity index (χ1) is 8.13. The average molecular weight is 231 g/mol. The lowest BCUT2D eigenvalue weighted by atomic mass is 9.95. The van der Waals surface area contributed by atoms with Crippen LogP contribution in [-0.4, -0.2) is 22.0 Å². The molecule has 0 spiro atoms. The van der Waals surface area contributed by atoms with Crippen molar-refractivity contribution >= 4 is 23.1 Å². The average Bonchev–Trinajstić information content (AvgIpc) is 2.67. The third kappa shape index (κ3) is 2.04. The van der Waals surface area contributed by atoms with Crippen molar-refractivity contribution in [1.82, 2.24) is 9.78 Å². The van der Waals surface area contributed by atoms with E-state index in [2.05, 4.69) is 5.10 Å². The van der Waals surface area contributed by atoms with Gasteiger partial charge in [-0.25, -0.2) is 0 Å². The highest BCUT2D eigenvalue weighted by molar-refractivity contribution is 5.87. The molecule has 0 aliphatic heterocycles. The molecule has 5 heteroatoms. The lowest BCUT2D eigenvalue weighted by Crippen LogP contribution is -2.21. The van der Waals surface area contributed by atoms with E-state index in [1.807, 2.05) is 25.2 Å². The molecule has 1 atom stereocenters. The van der Waals surface area contributed by atoms with Gasteiger partial charge in [-0.2, -0.15) is 5.10 Å². The second kappa shape index (κ2) is 4.37. The largest absolute Gasteiger partial charge is 0.369 e. The number of aryl methyl sites for hydroxylation is 1. The Kier molecular flexibility index (Phi) is 2.91. The van der Waals surface area contributed by atoms with E-state index in [9.17, 15) is 9.59 Å². The highest BCUT2D eigenvalue weighted by Gasteiger charge is 2.18. The molecule has 5 nitrogen and oxygen atoms in total. The standard InChI is InChI=1S/C12H13N3O2/c1-15-11-6-8(2-3-9(11)7-14-15)10(4-5-16)12(13)17/h2-3,5-7,10H,4H2,1H3,(H2,13,17). The Bertz CT molecular complexity index is 574. The summed E-state index contributed by atoms with van der Waals surface area (Å²) >= 11 is 0. The monoisotopic (exact) mass is 231 g/mol. The molecule has 2 aromatic rings. The molecule has 0 aliphatic rings. The van der Waals surface area contributed by atoms with E-state index in [-0.39, 0.29) is 6.42 Å². The second-order valence-corrected chi connectivity index (χ2v) is 3.94. The predicted molar refractivity (Wildman–Crippen MR) is 63.3 cm³/mol. The van der Waals surface area contributed by atoms with Crippen LogP contribution in [0.1, 0.15) is 17.9 Å². The zero-order valence-corrected chi connectivity index (χ0v) is 9.46. The fourth-order valence-electron chi connectivity index (χ4n) is 1.89. The van der Waals surface area contributed by atoms with Gasteiger partial charge in [0.25, 0.3) is 0 Å². The fourth-order valence-corrected chi connectivity index (χ4v) is 1.89. The molecule has 2 rings (SSSR count). The molecule has 0 saturated carbocycles. The SMILES string of the molecule is Cn1ncc2ccc(C(CC=O)C(N)=O)cc21. The summed E-state index contributed by atoms with van der Waals surface area (Å²) in [4.78, 5) is 21.8. The van der Waals surface area contributed by atoms with Crippen LogP contribution in [0.3, 0.4) is 0 Å². The predicted octanol–water partition coefficient (Wildman–Crippen LogP) is 0.731. The Labute approximate surface area is 98.2 Å². The number of nitrogens with two attached hydrogens (primary N) is 1. The fraction of sp³-hybridized carbons (Fsp3) is 0.250. The van der Waals surface area contributed by atoms with E-state index >= 15 is 0 Å². The number of rotatable bonds is 4. The number of hydrogen-bond donors (Lipinski definition) is 1. The van der Waals surface area contributed by atoms with Crippen molar-refractivity contribution in [3.63, 3.8) is 0 Å². The summed E-state index contributed by atoms with van der Waals surface area (Å²) in [6.45, 7) is 0. The molecule has 0 fully saturated rings. The van der Waals surface area contributed by atoms with Gasteiger partial charge in [0.15, 0.2) is 0 Å². The zero-order chi connectivity index (χ0) is 12.4. The maximum Gasteiger partial charge on any atom is 0.225 e. The molecule has 1 unspecified atom stereocenters. The maximum absolute atomic E-state index is 11.3. The molecule has 0 radical (unpaired) electrons. The summed E-state index contributed by atoms with van der Waals surface area (Å²) in [7, 11) is 1.82. The Hall–Kier alpha value is -2.17. The van der Waals surface area contributed by atoms with Gasteiger partial charge in [-0.1, -0.05) is 12.1 Å². The van der Waals surface area contributed by atoms with Crippen LogP contribution in [0, 0.1) is 0 Å². The smallest absolute Gasteiger partial charge is 0.225 e. The lowest BCUT2D eigenvalue weighted by Gasteiger charge is -2.10. The van der Waals surface area contributed by atoms with Gasteiger partial charge in [0.2, 0.25) is 5.91 Å². The van der Waals surface area contributed by atoms with Crippen molar-refractivity contribution in [3.8, 4) is 0 Å². The van der Waals surface area contributed by atoms with Gasteiger partial charge in [0.05, 0.1) is 17.6 Å². The topological polar surface area (TPSA) is 78.0 Å². The number of aldehydes is 1. The molecule has 0 aliphatic carbocycles. The number of nitrogens with zero attached hydrogens (tertiary/aromatic N) is 2. The summed E-state index contributed by atoms with van der Waals surface area (Å²) in [5, 5.41) is 5.11. The van der Waals surface area contributed by atoms with Crippen LogP contribution >= 0.6 is 0 Å². The van der Waals surface area contributed by atoms with Crippen LogP contribution in [0.4, 0.5) is 0 Å². The molecule has 1 heterocycles. The summed E-state index contributed by atoms with van der Waals surface area (Å²) in [5.41, 5.74) is 6.96. The summed E-state index contributed by atoms with van der Waals surface area (Å²) < 4.78 is 1.72. The molecule has 0 saturated heterocycles. The minimum absolute atomic E-state index is 0.110. The van der Waals surface area contributed by atoms with E-state index in [0.717, 1.165) is 16.5 Å². The Balaban J connectivity index is 2.49. The molecule has 2 N–H and O–H groups in total. The summed E-state index contributed by atoms with van der Waals surface area (Å²) in [6, 6.07) is 5.53. The molecular weight excluding hydrogens is 218 g/mol. The van der Waals surface area contributed by atoms with Crippen molar-refractivity contribution in [1.29, 1.82) is 0 Å². The minimum Gasteiger partial charge on any atom is -0.369 e. The van der Waals surface area contributed by atoms with Gasteiger partial charge in [-0.05, 0) is 11.6 Å². The normalized spacial score (nSPS) is 12.5. The Morgan fingerprint density at radius 2 is 2.35 bits per heavy atom. The zero-order valence-electron chi connectivity index (χ0n) is 9.46. The van der Waals surface area contributed by atoms with E-state index in [4.69, 9.17) is 5.73 Å². The van der Waals surface area contributed by atoms with Crippen molar-refractivity contribution in [2.75, 3.05) is 0 Å². The second-order valence-electron chi connectivity index (χ2n) is 3.94. The number of fused-ring (bicyclic) bond motifs is 1. The van der Waals surface area contributed by atoms with E-state index < -0.39 is 11.8 Å². The first kappa shape index (κ1) is 11.3. The van der Waals surface area contributed by atoms with Crippen molar-refractivity contribution in [2.45, 2.75) is 12.3 Å². The number of carbonyl (C=O) groups is 2. The van der Waals surface area contributed by atoms with Crippen LogP contribution < -0.4 is 5.73 Å². The summed E-state index contributed by atoms with van der Waals surface area (Å²) in [5.74, 6) is -1.05. The third-order valence-electron chi connectivity index (χ3n) is 2.85. The molecule has 1 aromatic carbocycles. The van der Waals surface area contributed by atoms with Crippen LogP contribution in [0.2, 0.25) is 0 Å². The molecule has 88 valence electrons. The van der Waals surface area contributed by atoms with E-state index in [0.29, 0.717) is 6.29 Å². The molecule has 0 bridgehead atoms.